The van der Waals surface area contributed by atoms with Crippen molar-refractivity contribution in [1.82, 2.24) is 4.90 Å². The van der Waals surface area contributed by atoms with E-state index >= 15 is 0 Å². The maximum atomic E-state index is 12.7. The van der Waals surface area contributed by atoms with Crippen LogP contribution in [0.5, 0.6) is 0 Å². The molecule has 2 amide bonds. The van der Waals surface area contributed by atoms with Gasteiger partial charge in [-0.15, -0.1) is 0 Å². The number of alkyl halides is 3. The summed E-state index contributed by atoms with van der Waals surface area (Å²) in [7, 11) is 0. The van der Waals surface area contributed by atoms with Crippen molar-refractivity contribution >= 4 is 29.9 Å². The highest BCUT2D eigenvalue weighted by molar-refractivity contribution is 6.02. The lowest BCUT2D eigenvalue weighted by Crippen LogP contribution is -2.52. The lowest BCUT2D eigenvalue weighted by molar-refractivity contribution is -0.137. The van der Waals surface area contributed by atoms with Crippen molar-refractivity contribution in [2.75, 3.05) is 24.5 Å². The van der Waals surface area contributed by atoms with E-state index in [0.717, 1.165) is 24.3 Å². The van der Waals surface area contributed by atoms with Crippen LogP contribution in [0.4, 0.5) is 18.9 Å². The average Bonchev–Trinajstić information content (AvgIpc) is 2.71. The van der Waals surface area contributed by atoms with Gasteiger partial charge in [-0.25, -0.2) is 0 Å². The Bertz CT molecular complexity index is 952. The van der Waals surface area contributed by atoms with Crippen LogP contribution < -0.4 is 4.90 Å². The molecule has 0 atom stereocenters. The van der Waals surface area contributed by atoms with Crippen LogP contribution in [0.1, 0.15) is 21.5 Å². The quantitative estimate of drug-likeness (QED) is 0.582. The van der Waals surface area contributed by atoms with Gasteiger partial charge in [0.2, 0.25) is 5.91 Å². The van der Waals surface area contributed by atoms with Crippen LogP contribution in [0.2, 0.25) is 0 Å². The van der Waals surface area contributed by atoms with Gasteiger partial charge in [-0.1, -0.05) is 18.2 Å². The summed E-state index contributed by atoms with van der Waals surface area (Å²) in [6.45, 7) is 0.278. The van der Waals surface area contributed by atoms with Crippen molar-refractivity contribution in [1.29, 1.82) is 0 Å². The molecule has 0 aliphatic carbocycles. The van der Waals surface area contributed by atoms with E-state index in [-0.39, 0.29) is 31.1 Å². The number of piperazine rings is 1. The molecule has 1 aliphatic rings. The van der Waals surface area contributed by atoms with Crippen molar-refractivity contribution in [3.8, 4) is 0 Å². The molecule has 0 aromatic heterocycles. The predicted molar refractivity (Wildman–Crippen MR) is 101 cm³/mol. The summed E-state index contributed by atoms with van der Waals surface area (Å²) in [5.41, 5.74) is 0.566. The zero-order chi connectivity index (χ0) is 21.0. The summed E-state index contributed by atoms with van der Waals surface area (Å²) >= 11 is 0. The number of anilines is 1. The number of benzene rings is 2. The van der Waals surface area contributed by atoms with E-state index in [4.69, 9.17) is 0 Å². The predicted octanol–water partition coefficient (Wildman–Crippen LogP) is 3.41. The van der Waals surface area contributed by atoms with Gasteiger partial charge in [0.15, 0.2) is 0 Å². The summed E-state index contributed by atoms with van der Waals surface area (Å²) in [4.78, 5) is 38.6. The Balaban J connectivity index is 1.74. The Morgan fingerprint density at radius 1 is 1.00 bits per heavy atom. The Kier molecular flexibility index (Phi) is 5.81. The van der Waals surface area contributed by atoms with Crippen molar-refractivity contribution < 1.29 is 27.6 Å². The topological polar surface area (TPSA) is 57.7 Å². The Hall–Kier alpha value is -3.42. The van der Waals surface area contributed by atoms with E-state index in [2.05, 4.69) is 0 Å². The van der Waals surface area contributed by atoms with Gasteiger partial charge >= 0.3 is 6.18 Å². The van der Waals surface area contributed by atoms with E-state index in [1.54, 1.807) is 30.3 Å². The first-order valence-corrected chi connectivity index (χ1v) is 8.79. The zero-order valence-corrected chi connectivity index (χ0v) is 15.2. The summed E-state index contributed by atoms with van der Waals surface area (Å²) in [6.07, 6.45) is -0.919. The monoisotopic (exact) mass is 402 g/mol. The van der Waals surface area contributed by atoms with Gasteiger partial charge in [-0.3, -0.25) is 14.4 Å². The minimum Gasteiger partial charge on any atom is -0.328 e. The summed E-state index contributed by atoms with van der Waals surface area (Å²) in [5, 5.41) is 0. The molecule has 0 bridgehead atoms. The van der Waals surface area contributed by atoms with Gasteiger partial charge in [0, 0.05) is 18.7 Å². The molecule has 0 N–H and O–H groups in total. The third-order valence-corrected chi connectivity index (χ3v) is 4.55. The first-order valence-electron chi connectivity index (χ1n) is 8.79. The van der Waals surface area contributed by atoms with E-state index in [1.165, 1.54) is 15.9 Å². The third kappa shape index (κ3) is 4.53. The van der Waals surface area contributed by atoms with Gasteiger partial charge in [-0.05, 0) is 48.0 Å². The van der Waals surface area contributed by atoms with Crippen LogP contribution in [0.3, 0.4) is 0 Å². The number of hydrogen-bond acceptors (Lipinski definition) is 3. The van der Waals surface area contributed by atoms with E-state index in [0.29, 0.717) is 17.5 Å². The van der Waals surface area contributed by atoms with Crippen LogP contribution in [-0.2, 0) is 15.8 Å². The first-order chi connectivity index (χ1) is 13.8. The van der Waals surface area contributed by atoms with E-state index < -0.39 is 17.6 Å². The van der Waals surface area contributed by atoms with Crippen LogP contribution >= 0.6 is 0 Å². The van der Waals surface area contributed by atoms with Gasteiger partial charge in [0.25, 0.3) is 5.91 Å². The number of carbonyl (C=O) groups is 3. The van der Waals surface area contributed by atoms with Gasteiger partial charge < -0.3 is 9.80 Å². The van der Waals surface area contributed by atoms with Crippen LogP contribution in [0, 0.1) is 0 Å². The van der Waals surface area contributed by atoms with E-state index in [1.807, 2.05) is 0 Å². The highest BCUT2D eigenvalue weighted by atomic mass is 19.4. The second-order valence-corrected chi connectivity index (χ2v) is 6.40. The maximum absolute atomic E-state index is 12.7. The Morgan fingerprint density at radius 3 is 2.31 bits per heavy atom. The lowest BCUT2D eigenvalue weighted by Gasteiger charge is -2.35. The minimum absolute atomic E-state index is 0.0913. The zero-order valence-electron chi connectivity index (χ0n) is 15.2. The summed E-state index contributed by atoms with van der Waals surface area (Å²) < 4.78 is 38.0. The molecule has 3 rings (SSSR count). The molecule has 8 heteroatoms. The number of nitrogens with zero attached hydrogens (tertiary/aromatic N) is 2. The smallest absolute Gasteiger partial charge is 0.328 e. The number of halogens is 3. The largest absolute Gasteiger partial charge is 0.416 e. The van der Waals surface area contributed by atoms with Crippen molar-refractivity contribution in [3.05, 3.63) is 71.3 Å². The maximum Gasteiger partial charge on any atom is 0.416 e. The van der Waals surface area contributed by atoms with Crippen molar-refractivity contribution in [2.45, 2.75) is 6.18 Å². The highest BCUT2D eigenvalue weighted by Gasteiger charge is 2.32. The molecule has 1 heterocycles. The van der Waals surface area contributed by atoms with Gasteiger partial charge in [0.1, 0.15) is 12.8 Å². The number of carbonyl (C=O) groups excluding carboxylic acids is 3. The highest BCUT2D eigenvalue weighted by Crippen LogP contribution is 2.29. The lowest BCUT2D eigenvalue weighted by atomic mass is 10.1. The average molecular weight is 402 g/mol. The molecule has 0 unspecified atom stereocenters. The molecule has 2 aromatic rings. The number of rotatable bonds is 4. The molecular formula is C21H17F3N2O3. The Morgan fingerprint density at radius 2 is 1.69 bits per heavy atom. The molecule has 0 saturated carbocycles. The van der Waals surface area contributed by atoms with Crippen LogP contribution in [0.25, 0.3) is 6.08 Å². The fourth-order valence-electron chi connectivity index (χ4n) is 3.10. The number of amides is 2. The molecule has 1 aliphatic heterocycles. The molecule has 1 fully saturated rings. The molecule has 0 radical (unpaired) electrons. The minimum atomic E-state index is -4.48. The number of para-hydroxylation sites is 1. The summed E-state index contributed by atoms with van der Waals surface area (Å²) in [6, 6.07) is 11.0. The van der Waals surface area contributed by atoms with Crippen LogP contribution in [0.15, 0.2) is 54.6 Å². The molecule has 1 saturated heterocycles. The van der Waals surface area contributed by atoms with Gasteiger partial charge in [-0.2, -0.15) is 13.2 Å². The van der Waals surface area contributed by atoms with E-state index in [9.17, 15) is 27.6 Å². The number of aldehydes is 1. The van der Waals surface area contributed by atoms with Crippen molar-refractivity contribution in [3.63, 3.8) is 0 Å². The molecule has 150 valence electrons. The standard InChI is InChI=1S/C21H17F3N2O3/c22-21(23,24)17-9-7-16(8-10-17)20(29)25-11-12-26(19(28)14-25)18-6-2-1-4-15(18)5-3-13-27/h1-10,13H,11-12,14H2/b5-3+. The fourth-order valence-corrected chi connectivity index (χ4v) is 3.10. The second-order valence-electron chi connectivity index (χ2n) is 6.40. The van der Waals surface area contributed by atoms with Crippen LogP contribution in [-0.4, -0.2) is 42.6 Å². The number of allylic oxidation sites excluding steroid dienone is 1. The first kappa shape index (κ1) is 20.3. The molecular weight excluding hydrogens is 385 g/mol. The molecule has 2 aromatic carbocycles. The fraction of sp³-hybridized carbons (Fsp3) is 0.190. The summed E-state index contributed by atoms with van der Waals surface area (Å²) in [5.74, 6) is -0.815. The van der Waals surface area contributed by atoms with Gasteiger partial charge in [0.05, 0.1) is 11.3 Å². The third-order valence-electron chi connectivity index (χ3n) is 4.55. The number of hydrogen-bond donors (Lipinski definition) is 0. The normalized spacial score (nSPS) is 15.1. The second kappa shape index (κ2) is 8.30. The SMILES string of the molecule is O=C/C=C/c1ccccc1N1CCN(C(=O)c2ccc(C(F)(F)F)cc2)CC1=O. The Labute approximate surface area is 165 Å². The van der Waals surface area contributed by atoms with Crippen molar-refractivity contribution in [2.24, 2.45) is 0 Å². The molecule has 0 spiro atoms. The molecule has 29 heavy (non-hydrogen) atoms. The molecule has 5 nitrogen and oxygen atoms in total.